The van der Waals surface area contributed by atoms with Crippen molar-refractivity contribution in [3.8, 4) is 5.88 Å². The van der Waals surface area contributed by atoms with Crippen molar-refractivity contribution in [2.75, 3.05) is 51.8 Å². The molecule has 2 amide bonds. The number of carbonyl (C=O) groups excluding carboxylic acids is 2. The number of cyclic esters (lactones) is 1. The van der Waals surface area contributed by atoms with E-state index in [-0.39, 0.29) is 18.6 Å². The Hall–Kier alpha value is -2.58. The summed E-state index contributed by atoms with van der Waals surface area (Å²) in [4.78, 5) is 28.9. The molecule has 136 valence electrons. The molecule has 1 atom stereocenters. The lowest BCUT2D eigenvalue weighted by Gasteiger charge is -2.33. The highest BCUT2D eigenvalue weighted by Gasteiger charge is 2.29. The van der Waals surface area contributed by atoms with Crippen LogP contribution in [-0.2, 0) is 9.53 Å². The number of anilines is 1. The average Bonchev–Trinajstić information content (AvgIpc) is 3.00. The van der Waals surface area contributed by atoms with Gasteiger partial charge in [-0.25, -0.2) is 4.79 Å². The first kappa shape index (κ1) is 17.2. The van der Waals surface area contributed by atoms with Crippen LogP contribution in [0.2, 0.25) is 0 Å². The Morgan fingerprint density at radius 1 is 1.36 bits per heavy atom. The molecule has 9 heteroatoms. The standard InChI is InChI=1S/C16H23N5O4/c1-19(2)13-5-6-14(18-17-13)25-12-4-3-7-20(10-12)15(22)11-21-8-9-24-16(21)23/h5-6,12H,3-4,7-11H2,1-2H3. The van der Waals surface area contributed by atoms with Crippen molar-refractivity contribution >= 4 is 17.8 Å². The van der Waals surface area contributed by atoms with E-state index in [1.165, 1.54) is 4.90 Å². The summed E-state index contributed by atoms with van der Waals surface area (Å²) in [6, 6.07) is 3.62. The van der Waals surface area contributed by atoms with E-state index >= 15 is 0 Å². The maximum atomic E-state index is 12.4. The molecule has 0 spiro atoms. The number of ether oxygens (including phenoxy) is 2. The molecule has 0 radical (unpaired) electrons. The first-order valence-electron chi connectivity index (χ1n) is 8.40. The van der Waals surface area contributed by atoms with E-state index in [2.05, 4.69) is 10.2 Å². The molecule has 25 heavy (non-hydrogen) atoms. The Balaban J connectivity index is 1.53. The minimum Gasteiger partial charge on any atom is -0.471 e. The van der Waals surface area contributed by atoms with Crippen LogP contribution in [0.15, 0.2) is 12.1 Å². The van der Waals surface area contributed by atoms with Crippen molar-refractivity contribution in [2.45, 2.75) is 18.9 Å². The SMILES string of the molecule is CN(C)c1ccc(OC2CCCN(C(=O)CN3CCOC3=O)C2)nn1. The number of rotatable bonds is 5. The molecule has 0 bridgehead atoms. The normalized spacial score (nSPS) is 20.4. The summed E-state index contributed by atoms with van der Waals surface area (Å²) in [5.74, 6) is 1.12. The number of piperidine rings is 1. The lowest BCUT2D eigenvalue weighted by Crippen LogP contribution is -2.48. The van der Waals surface area contributed by atoms with Crippen molar-refractivity contribution < 1.29 is 19.1 Å². The van der Waals surface area contributed by atoms with Gasteiger partial charge in [-0.15, -0.1) is 10.2 Å². The zero-order valence-electron chi connectivity index (χ0n) is 14.6. The zero-order valence-corrected chi connectivity index (χ0v) is 14.6. The second-order valence-electron chi connectivity index (χ2n) is 6.38. The van der Waals surface area contributed by atoms with Gasteiger partial charge in [0.15, 0.2) is 5.82 Å². The van der Waals surface area contributed by atoms with Crippen molar-refractivity contribution in [3.63, 3.8) is 0 Å². The van der Waals surface area contributed by atoms with Crippen LogP contribution in [0, 0.1) is 0 Å². The van der Waals surface area contributed by atoms with Crippen LogP contribution in [0.1, 0.15) is 12.8 Å². The number of aromatic nitrogens is 2. The summed E-state index contributed by atoms with van der Waals surface area (Å²) in [7, 11) is 3.79. The maximum absolute atomic E-state index is 12.4. The van der Waals surface area contributed by atoms with Gasteiger partial charge in [0.1, 0.15) is 19.3 Å². The van der Waals surface area contributed by atoms with Gasteiger partial charge in [0.05, 0.1) is 13.1 Å². The fraction of sp³-hybridized carbons (Fsp3) is 0.625. The molecule has 1 aromatic rings. The van der Waals surface area contributed by atoms with Gasteiger partial charge in [-0.2, -0.15) is 0 Å². The molecule has 2 aliphatic heterocycles. The average molecular weight is 349 g/mol. The largest absolute Gasteiger partial charge is 0.471 e. The number of hydrogen-bond acceptors (Lipinski definition) is 7. The van der Waals surface area contributed by atoms with Crippen LogP contribution in [0.5, 0.6) is 5.88 Å². The fourth-order valence-corrected chi connectivity index (χ4v) is 2.88. The maximum Gasteiger partial charge on any atom is 0.410 e. The number of amides is 2. The Morgan fingerprint density at radius 2 is 2.20 bits per heavy atom. The van der Waals surface area contributed by atoms with Gasteiger partial charge in [0.25, 0.3) is 0 Å². The Bertz CT molecular complexity index is 621. The Labute approximate surface area is 146 Å². The van der Waals surface area contributed by atoms with Gasteiger partial charge in [0, 0.05) is 26.7 Å². The van der Waals surface area contributed by atoms with E-state index in [1.807, 2.05) is 25.1 Å². The van der Waals surface area contributed by atoms with Gasteiger partial charge in [-0.05, 0) is 18.9 Å². The molecular formula is C16H23N5O4. The summed E-state index contributed by atoms with van der Waals surface area (Å²) in [5, 5.41) is 8.16. The van der Waals surface area contributed by atoms with Gasteiger partial charge in [0.2, 0.25) is 11.8 Å². The van der Waals surface area contributed by atoms with Crippen LogP contribution in [0.25, 0.3) is 0 Å². The second-order valence-corrected chi connectivity index (χ2v) is 6.38. The topological polar surface area (TPSA) is 88.1 Å². The number of nitrogens with zero attached hydrogens (tertiary/aromatic N) is 5. The van der Waals surface area contributed by atoms with Gasteiger partial charge < -0.3 is 19.3 Å². The third kappa shape index (κ3) is 4.28. The highest BCUT2D eigenvalue weighted by Crippen LogP contribution is 2.18. The van der Waals surface area contributed by atoms with Gasteiger partial charge >= 0.3 is 6.09 Å². The molecule has 9 nitrogen and oxygen atoms in total. The molecule has 0 aromatic carbocycles. The summed E-state index contributed by atoms with van der Waals surface area (Å²) < 4.78 is 10.7. The van der Waals surface area contributed by atoms with Crippen molar-refractivity contribution in [1.82, 2.24) is 20.0 Å². The molecule has 3 heterocycles. The minimum atomic E-state index is -0.422. The Kier molecular flexibility index (Phi) is 5.20. The van der Waals surface area contributed by atoms with Crippen molar-refractivity contribution in [1.29, 1.82) is 0 Å². The van der Waals surface area contributed by atoms with Gasteiger partial charge in [-0.3, -0.25) is 9.69 Å². The minimum absolute atomic E-state index is 0.0584. The summed E-state index contributed by atoms with van der Waals surface area (Å²) in [5.41, 5.74) is 0. The van der Waals surface area contributed by atoms with E-state index in [9.17, 15) is 9.59 Å². The molecule has 3 rings (SSSR count). The first-order valence-corrected chi connectivity index (χ1v) is 8.40. The summed E-state index contributed by atoms with van der Waals surface area (Å²) in [6.07, 6.45) is 1.16. The summed E-state index contributed by atoms with van der Waals surface area (Å²) >= 11 is 0. The third-order valence-electron chi connectivity index (χ3n) is 4.27. The van der Waals surface area contributed by atoms with Crippen molar-refractivity contribution in [3.05, 3.63) is 12.1 Å². The van der Waals surface area contributed by atoms with Crippen LogP contribution < -0.4 is 9.64 Å². The van der Waals surface area contributed by atoms with E-state index in [0.29, 0.717) is 32.1 Å². The molecule has 2 aliphatic rings. The number of carbonyl (C=O) groups is 2. The van der Waals surface area contributed by atoms with E-state index in [4.69, 9.17) is 9.47 Å². The lowest BCUT2D eigenvalue weighted by atomic mass is 10.1. The quantitative estimate of drug-likeness (QED) is 0.758. The molecule has 1 unspecified atom stereocenters. The third-order valence-corrected chi connectivity index (χ3v) is 4.27. The number of hydrogen-bond donors (Lipinski definition) is 0. The van der Waals surface area contributed by atoms with E-state index < -0.39 is 6.09 Å². The Morgan fingerprint density at radius 3 is 2.84 bits per heavy atom. The zero-order chi connectivity index (χ0) is 17.8. The predicted molar refractivity (Wildman–Crippen MR) is 89.5 cm³/mol. The fourth-order valence-electron chi connectivity index (χ4n) is 2.88. The molecule has 1 aromatic heterocycles. The summed E-state index contributed by atoms with van der Waals surface area (Å²) in [6.45, 7) is 2.03. The second kappa shape index (κ2) is 7.54. The molecule has 0 aliphatic carbocycles. The van der Waals surface area contributed by atoms with E-state index in [0.717, 1.165) is 18.7 Å². The lowest BCUT2D eigenvalue weighted by molar-refractivity contribution is -0.134. The molecular weight excluding hydrogens is 326 g/mol. The predicted octanol–water partition coefficient (Wildman–Crippen LogP) is 0.365. The monoisotopic (exact) mass is 349 g/mol. The van der Waals surface area contributed by atoms with Crippen molar-refractivity contribution in [2.24, 2.45) is 0 Å². The van der Waals surface area contributed by atoms with Crippen LogP contribution in [0.4, 0.5) is 10.6 Å². The van der Waals surface area contributed by atoms with E-state index in [1.54, 1.807) is 11.0 Å². The molecule has 2 saturated heterocycles. The molecule has 0 N–H and O–H groups in total. The van der Waals surface area contributed by atoms with Crippen LogP contribution >= 0.6 is 0 Å². The van der Waals surface area contributed by atoms with Gasteiger partial charge in [-0.1, -0.05) is 0 Å². The van der Waals surface area contributed by atoms with Crippen LogP contribution in [0.3, 0.4) is 0 Å². The molecule has 2 fully saturated rings. The number of likely N-dealkylation sites (tertiary alicyclic amines) is 1. The smallest absolute Gasteiger partial charge is 0.410 e. The van der Waals surface area contributed by atoms with Crippen LogP contribution in [-0.4, -0.2) is 85.0 Å². The first-order chi connectivity index (χ1) is 12.0. The highest BCUT2D eigenvalue weighted by atomic mass is 16.6. The highest BCUT2D eigenvalue weighted by molar-refractivity contribution is 5.83. The molecule has 0 saturated carbocycles.